The van der Waals surface area contributed by atoms with Gasteiger partial charge in [0.2, 0.25) is 0 Å². The lowest BCUT2D eigenvalue weighted by atomic mass is 9.48. The van der Waals surface area contributed by atoms with Gasteiger partial charge in [0.1, 0.15) is 5.78 Å². The average molecular weight is 288 g/mol. The maximum atomic E-state index is 11.8. The van der Waals surface area contributed by atoms with Crippen molar-refractivity contribution in [2.75, 3.05) is 0 Å². The van der Waals surface area contributed by atoms with E-state index in [-0.39, 0.29) is 16.9 Å². The Morgan fingerprint density at radius 3 is 2.76 bits per heavy atom. The minimum Gasteiger partial charge on any atom is -0.393 e. The number of carbonyl (C=O) groups excluding carboxylic acids is 1. The smallest absolute Gasteiger partial charge is 0.136 e. The molecule has 0 spiro atoms. The minimum atomic E-state index is -0.0884. The Kier molecular flexibility index (Phi) is 2.96. The van der Waals surface area contributed by atoms with E-state index in [1.54, 1.807) is 0 Å². The van der Waals surface area contributed by atoms with Crippen LogP contribution < -0.4 is 0 Å². The second-order valence-electron chi connectivity index (χ2n) is 8.61. The Labute approximate surface area is 128 Å². The van der Waals surface area contributed by atoms with Crippen molar-refractivity contribution in [2.24, 2.45) is 28.6 Å². The van der Waals surface area contributed by atoms with E-state index in [2.05, 4.69) is 19.9 Å². The van der Waals surface area contributed by atoms with Gasteiger partial charge in [-0.3, -0.25) is 4.79 Å². The summed E-state index contributed by atoms with van der Waals surface area (Å²) in [6.07, 6.45) is 10.6. The molecule has 0 aromatic carbocycles. The molecule has 1 N–H and O–H groups in total. The molecule has 116 valence electrons. The number of fused-ring (bicyclic) bond motifs is 5. The highest BCUT2D eigenvalue weighted by atomic mass is 16.3. The van der Waals surface area contributed by atoms with Crippen LogP contribution in [-0.4, -0.2) is 17.0 Å². The van der Waals surface area contributed by atoms with Crippen LogP contribution in [0.4, 0.5) is 0 Å². The van der Waals surface area contributed by atoms with E-state index < -0.39 is 0 Å². The molecule has 4 aliphatic rings. The summed E-state index contributed by atoms with van der Waals surface area (Å²) in [5.74, 6) is 2.62. The first-order chi connectivity index (χ1) is 9.95. The molecule has 0 amide bonds. The van der Waals surface area contributed by atoms with Crippen molar-refractivity contribution < 1.29 is 9.90 Å². The maximum absolute atomic E-state index is 11.8. The molecule has 0 aromatic heterocycles. The van der Waals surface area contributed by atoms with Gasteiger partial charge in [0.05, 0.1) is 6.10 Å². The third-order valence-corrected chi connectivity index (χ3v) is 7.89. The molecule has 0 heterocycles. The van der Waals surface area contributed by atoms with Crippen molar-refractivity contribution in [1.29, 1.82) is 0 Å². The molecular formula is C19H28O2. The number of hydrogen-bond donors (Lipinski definition) is 1. The molecule has 0 radical (unpaired) electrons. The second kappa shape index (κ2) is 4.44. The number of ketones is 1. The molecule has 2 heteroatoms. The number of aliphatic hydroxyl groups is 1. The summed E-state index contributed by atoms with van der Waals surface area (Å²) in [7, 11) is 0. The maximum Gasteiger partial charge on any atom is 0.136 e. The standard InChI is InChI=1S/C19H28O2/c1-18-9-7-13(20)11-12(18)3-4-14-15-5-6-17(21)19(15,2)10-8-16(14)18/h3,14-17,21H,4-11H2,1-2H3. The first-order valence-electron chi connectivity index (χ1n) is 8.84. The second-order valence-corrected chi connectivity index (χ2v) is 8.61. The molecule has 0 aromatic rings. The van der Waals surface area contributed by atoms with Crippen LogP contribution in [0.2, 0.25) is 0 Å². The Balaban J connectivity index is 1.69. The fraction of sp³-hybridized carbons (Fsp3) is 0.842. The number of allylic oxidation sites excluding steroid dienone is 2. The summed E-state index contributed by atoms with van der Waals surface area (Å²) >= 11 is 0. The predicted octanol–water partition coefficient (Wildman–Crippen LogP) is 3.88. The van der Waals surface area contributed by atoms with Crippen LogP contribution >= 0.6 is 0 Å². The summed E-state index contributed by atoms with van der Waals surface area (Å²) < 4.78 is 0. The van der Waals surface area contributed by atoms with Gasteiger partial charge in [-0.1, -0.05) is 25.5 Å². The third kappa shape index (κ3) is 1.78. The van der Waals surface area contributed by atoms with Gasteiger partial charge < -0.3 is 5.11 Å². The van der Waals surface area contributed by atoms with E-state index in [1.165, 1.54) is 24.8 Å². The van der Waals surface area contributed by atoms with Gasteiger partial charge in [-0.15, -0.1) is 0 Å². The zero-order valence-electron chi connectivity index (χ0n) is 13.4. The molecular weight excluding hydrogens is 260 g/mol. The number of hydrogen-bond acceptors (Lipinski definition) is 2. The van der Waals surface area contributed by atoms with Gasteiger partial charge in [0, 0.05) is 12.8 Å². The quantitative estimate of drug-likeness (QED) is 0.687. The first kappa shape index (κ1) is 14.0. The van der Waals surface area contributed by atoms with E-state index >= 15 is 0 Å². The number of rotatable bonds is 0. The third-order valence-electron chi connectivity index (χ3n) is 7.89. The largest absolute Gasteiger partial charge is 0.393 e. The first-order valence-corrected chi connectivity index (χ1v) is 8.84. The van der Waals surface area contributed by atoms with Crippen LogP contribution in [-0.2, 0) is 4.79 Å². The molecule has 4 aliphatic carbocycles. The van der Waals surface area contributed by atoms with E-state index in [1.807, 2.05) is 0 Å². The van der Waals surface area contributed by atoms with Gasteiger partial charge in [-0.2, -0.15) is 0 Å². The highest BCUT2D eigenvalue weighted by molar-refractivity contribution is 5.82. The van der Waals surface area contributed by atoms with Gasteiger partial charge in [0.25, 0.3) is 0 Å². The molecule has 21 heavy (non-hydrogen) atoms. The molecule has 0 bridgehead atoms. The molecule has 3 saturated carbocycles. The van der Waals surface area contributed by atoms with E-state index in [9.17, 15) is 9.90 Å². The Bertz CT molecular complexity index is 508. The number of Topliss-reactive ketones (excluding diaryl/α,β-unsaturated/α-hetero) is 1. The lowest BCUT2D eigenvalue weighted by molar-refractivity contribution is -0.122. The highest BCUT2D eigenvalue weighted by Crippen LogP contribution is 2.64. The molecule has 0 aliphatic heterocycles. The summed E-state index contributed by atoms with van der Waals surface area (Å²) in [4.78, 5) is 11.8. The van der Waals surface area contributed by atoms with E-state index in [0.717, 1.165) is 37.5 Å². The van der Waals surface area contributed by atoms with Gasteiger partial charge >= 0.3 is 0 Å². The van der Waals surface area contributed by atoms with Gasteiger partial charge in [-0.05, 0) is 67.1 Å². The van der Waals surface area contributed by atoms with Crippen molar-refractivity contribution in [3.63, 3.8) is 0 Å². The van der Waals surface area contributed by atoms with Crippen LogP contribution in [0.15, 0.2) is 11.6 Å². The normalized spacial score (nSPS) is 52.7. The number of aliphatic hydroxyl groups excluding tert-OH is 1. The molecule has 4 rings (SSSR count). The zero-order chi connectivity index (χ0) is 14.8. The van der Waals surface area contributed by atoms with Crippen LogP contribution in [0.5, 0.6) is 0 Å². The van der Waals surface area contributed by atoms with E-state index in [4.69, 9.17) is 0 Å². The zero-order valence-corrected chi connectivity index (χ0v) is 13.4. The van der Waals surface area contributed by atoms with E-state index in [0.29, 0.717) is 18.1 Å². The molecule has 3 fully saturated rings. The average Bonchev–Trinajstić information content (AvgIpc) is 2.76. The fourth-order valence-corrected chi connectivity index (χ4v) is 6.45. The summed E-state index contributed by atoms with van der Waals surface area (Å²) in [5.41, 5.74) is 1.88. The Morgan fingerprint density at radius 2 is 1.95 bits per heavy atom. The van der Waals surface area contributed by atoms with Crippen molar-refractivity contribution in [2.45, 2.75) is 71.3 Å². The fourth-order valence-electron chi connectivity index (χ4n) is 6.45. The van der Waals surface area contributed by atoms with Gasteiger partial charge in [-0.25, -0.2) is 0 Å². The SMILES string of the molecule is CC12CCC(=O)CC1=CCC1C2CCC2(C)C(O)CCC12. The molecule has 6 atom stereocenters. The summed E-state index contributed by atoms with van der Waals surface area (Å²) in [6, 6.07) is 0. The lowest BCUT2D eigenvalue weighted by Crippen LogP contribution is -2.50. The Hall–Kier alpha value is -0.630. The van der Waals surface area contributed by atoms with Crippen molar-refractivity contribution in [1.82, 2.24) is 0 Å². The minimum absolute atomic E-state index is 0.0884. The van der Waals surface area contributed by atoms with Crippen LogP contribution in [0.25, 0.3) is 0 Å². The van der Waals surface area contributed by atoms with Crippen LogP contribution in [0.3, 0.4) is 0 Å². The Morgan fingerprint density at radius 1 is 1.14 bits per heavy atom. The monoisotopic (exact) mass is 288 g/mol. The number of carbonyl (C=O) groups is 1. The summed E-state index contributed by atoms with van der Waals surface area (Å²) in [5, 5.41) is 10.4. The van der Waals surface area contributed by atoms with Crippen LogP contribution in [0.1, 0.15) is 65.2 Å². The highest BCUT2D eigenvalue weighted by Gasteiger charge is 2.58. The molecule has 6 unspecified atom stereocenters. The summed E-state index contributed by atoms with van der Waals surface area (Å²) in [6.45, 7) is 4.76. The van der Waals surface area contributed by atoms with Gasteiger partial charge in [0.15, 0.2) is 0 Å². The van der Waals surface area contributed by atoms with Crippen molar-refractivity contribution >= 4 is 5.78 Å². The predicted molar refractivity (Wildman–Crippen MR) is 82.7 cm³/mol. The van der Waals surface area contributed by atoms with Crippen molar-refractivity contribution in [3.8, 4) is 0 Å². The van der Waals surface area contributed by atoms with Crippen molar-refractivity contribution in [3.05, 3.63) is 11.6 Å². The topological polar surface area (TPSA) is 37.3 Å². The molecule has 2 nitrogen and oxygen atoms in total. The molecule has 0 saturated heterocycles. The van der Waals surface area contributed by atoms with Crippen LogP contribution in [0, 0.1) is 28.6 Å². The lowest BCUT2D eigenvalue weighted by Gasteiger charge is -2.57.